The molecule has 2 nitrogen and oxygen atoms in total. The number of benzene rings is 2. The Morgan fingerprint density at radius 1 is 1.21 bits per heavy atom. The Kier molecular flexibility index (Phi) is 5.05. The normalized spacial score (nSPS) is 10.2. The van der Waals surface area contributed by atoms with Crippen molar-refractivity contribution < 1.29 is 4.79 Å². The molecule has 0 aliphatic carbocycles. The molecule has 4 heteroatoms. The van der Waals surface area contributed by atoms with Gasteiger partial charge in [0.25, 0.3) is 0 Å². The van der Waals surface area contributed by atoms with Gasteiger partial charge in [-0.05, 0) is 42.2 Å². The van der Waals surface area contributed by atoms with E-state index in [9.17, 15) is 4.79 Å². The molecule has 98 valence electrons. The fraction of sp³-hybridized carbons (Fsp3) is 0.133. The number of hydrogen-bond acceptors (Lipinski definition) is 2. The summed E-state index contributed by atoms with van der Waals surface area (Å²) in [4.78, 5) is 13.1. The van der Waals surface area contributed by atoms with Gasteiger partial charge in [-0.1, -0.05) is 34.1 Å². The second-order valence-electron chi connectivity index (χ2n) is 4.08. The molecule has 1 amide bonds. The van der Waals surface area contributed by atoms with E-state index >= 15 is 0 Å². The lowest BCUT2D eigenvalue weighted by Crippen LogP contribution is -2.14. The molecular formula is C15H14BrNOS. The van der Waals surface area contributed by atoms with Crippen LogP contribution in [0.2, 0.25) is 0 Å². The SMILES string of the molecule is CSc1ccc(CC(=O)Nc2cccc(Br)c2)cc1. The van der Waals surface area contributed by atoms with E-state index in [-0.39, 0.29) is 5.91 Å². The first-order valence-corrected chi connectivity index (χ1v) is 7.87. The molecule has 0 spiro atoms. The van der Waals surface area contributed by atoms with Gasteiger partial charge < -0.3 is 5.32 Å². The van der Waals surface area contributed by atoms with Crippen molar-refractivity contribution in [3.63, 3.8) is 0 Å². The second kappa shape index (κ2) is 6.78. The number of thioether (sulfide) groups is 1. The van der Waals surface area contributed by atoms with Gasteiger partial charge >= 0.3 is 0 Å². The topological polar surface area (TPSA) is 29.1 Å². The maximum Gasteiger partial charge on any atom is 0.228 e. The number of carbonyl (C=O) groups excluding carboxylic acids is 1. The Bertz CT molecular complexity index is 569. The van der Waals surface area contributed by atoms with Crippen molar-refractivity contribution in [1.29, 1.82) is 0 Å². The van der Waals surface area contributed by atoms with Crippen molar-refractivity contribution in [3.05, 3.63) is 58.6 Å². The number of amides is 1. The Morgan fingerprint density at radius 3 is 2.58 bits per heavy atom. The van der Waals surface area contributed by atoms with Crippen molar-refractivity contribution in [2.45, 2.75) is 11.3 Å². The fourth-order valence-electron chi connectivity index (χ4n) is 1.70. The largest absolute Gasteiger partial charge is 0.326 e. The molecular weight excluding hydrogens is 322 g/mol. The van der Waals surface area contributed by atoms with Crippen LogP contribution in [0.3, 0.4) is 0 Å². The highest BCUT2D eigenvalue weighted by atomic mass is 79.9. The van der Waals surface area contributed by atoms with Gasteiger partial charge in [-0.25, -0.2) is 0 Å². The van der Waals surface area contributed by atoms with Crippen LogP contribution in [-0.2, 0) is 11.2 Å². The van der Waals surface area contributed by atoms with Crippen molar-refractivity contribution >= 4 is 39.3 Å². The van der Waals surface area contributed by atoms with Gasteiger partial charge in [-0.2, -0.15) is 0 Å². The van der Waals surface area contributed by atoms with Gasteiger partial charge in [0.15, 0.2) is 0 Å². The van der Waals surface area contributed by atoms with E-state index in [2.05, 4.69) is 21.2 Å². The van der Waals surface area contributed by atoms with Crippen LogP contribution in [0.5, 0.6) is 0 Å². The summed E-state index contributed by atoms with van der Waals surface area (Å²) in [6, 6.07) is 15.6. The molecule has 0 bridgehead atoms. The number of hydrogen-bond donors (Lipinski definition) is 1. The minimum Gasteiger partial charge on any atom is -0.326 e. The van der Waals surface area contributed by atoms with Crippen molar-refractivity contribution in [1.82, 2.24) is 0 Å². The van der Waals surface area contributed by atoms with Crippen molar-refractivity contribution in [3.8, 4) is 0 Å². The third kappa shape index (κ3) is 4.40. The van der Waals surface area contributed by atoms with Gasteiger partial charge in [0.2, 0.25) is 5.91 Å². The summed E-state index contributed by atoms with van der Waals surface area (Å²) in [6.07, 6.45) is 2.43. The summed E-state index contributed by atoms with van der Waals surface area (Å²) in [7, 11) is 0. The minimum atomic E-state index is -0.00463. The van der Waals surface area contributed by atoms with Crippen LogP contribution in [0.4, 0.5) is 5.69 Å². The second-order valence-corrected chi connectivity index (χ2v) is 5.88. The highest BCUT2D eigenvalue weighted by Gasteiger charge is 2.04. The zero-order chi connectivity index (χ0) is 13.7. The summed E-state index contributed by atoms with van der Waals surface area (Å²) in [5.41, 5.74) is 1.82. The standard InChI is InChI=1S/C15H14BrNOS/c1-19-14-7-5-11(6-8-14)9-15(18)17-13-4-2-3-12(16)10-13/h2-8,10H,9H2,1H3,(H,17,18). The molecule has 0 saturated heterocycles. The average Bonchev–Trinajstić information content (AvgIpc) is 2.39. The van der Waals surface area contributed by atoms with Crippen LogP contribution >= 0.6 is 27.7 Å². The number of rotatable bonds is 4. The monoisotopic (exact) mass is 335 g/mol. The van der Waals surface area contributed by atoms with E-state index in [1.54, 1.807) is 11.8 Å². The molecule has 19 heavy (non-hydrogen) atoms. The van der Waals surface area contributed by atoms with Crippen LogP contribution in [0.1, 0.15) is 5.56 Å². The van der Waals surface area contributed by atoms with Gasteiger partial charge in [0.1, 0.15) is 0 Å². The van der Waals surface area contributed by atoms with E-state index in [1.807, 2.05) is 54.8 Å². The number of halogens is 1. The Morgan fingerprint density at radius 2 is 1.95 bits per heavy atom. The van der Waals surface area contributed by atoms with E-state index in [0.717, 1.165) is 15.7 Å². The third-order valence-corrected chi connectivity index (χ3v) is 3.87. The molecule has 0 heterocycles. The molecule has 0 aliphatic heterocycles. The number of carbonyl (C=O) groups is 1. The lowest BCUT2D eigenvalue weighted by atomic mass is 10.1. The number of nitrogens with one attached hydrogen (secondary N) is 1. The molecule has 0 radical (unpaired) electrons. The highest BCUT2D eigenvalue weighted by molar-refractivity contribution is 9.10. The molecule has 0 atom stereocenters. The van der Waals surface area contributed by atoms with E-state index in [1.165, 1.54) is 4.90 Å². The number of anilines is 1. The zero-order valence-electron chi connectivity index (χ0n) is 10.5. The van der Waals surface area contributed by atoms with Gasteiger partial charge in [0.05, 0.1) is 6.42 Å². The fourth-order valence-corrected chi connectivity index (χ4v) is 2.51. The first-order valence-electron chi connectivity index (χ1n) is 5.86. The van der Waals surface area contributed by atoms with E-state index in [4.69, 9.17) is 0 Å². The molecule has 2 aromatic carbocycles. The first-order chi connectivity index (χ1) is 9.17. The van der Waals surface area contributed by atoms with Crippen molar-refractivity contribution in [2.75, 3.05) is 11.6 Å². The van der Waals surface area contributed by atoms with Gasteiger partial charge in [-0.15, -0.1) is 11.8 Å². The summed E-state index contributed by atoms with van der Waals surface area (Å²) in [5.74, 6) is -0.00463. The predicted molar refractivity (Wildman–Crippen MR) is 84.7 cm³/mol. The molecule has 0 unspecified atom stereocenters. The highest BCUT2D eigenvalue weighted by Crippen LogP contribution is 2.17. The third-order valence-electron chi connectivity index (χ3n) is 2.63. The van der Waals surface area contributed by atoms with Gasteiger partial charge in [0, 0.05) is 15.1 Å². The summed E-state index contributed by atoms with van der Waals surface area (Å²) in [6.45, 7) is 0. The average molecular weight is 336 g/mol. The Labute approximate surface area is 125 Å². The molecule has 2 aromatic rings. The minimum absolute atomic E-state index is 0.00463. The summed E-state index contributed by atoms with van der Waals surface area (Å²) in [5, 5.41) is 2.89. The summed E-state index contributed by atoms with van der Waals surface area (Å²) >= 11 is 5.08. The van der Waals surface area contributed by atoms with Crippen LogP contribution in [-0.4, -0.2) is 12.2 Å². The van der Waals surface area contributed by atoms with Crippen molar-refractivity contribution in [2.24, 2.45) is 0 Å². The molecule has 0 fully saturated rings. The van der Waals surface area contributed by atoms with E-state index < -0.39 is 0 Å². The molecule has 2 rings (SSSR count). The lowest BCUT2D eigenvalue weighted by Gasteiger charge is -2.06. The molecule has 0 saturated carbocycles. The van der Waals surface area contributed by atoms with Crippen LogP contribution < -0.4 is 5.32 Å². The molecule has 1 N–H and O–H groups in total. The maximum absolute atomic E-state index is 11.9. The summed E-state index contributed by atoms with van der Waals surface area (Å²) < 4.78 is 0.953. The smallest absolute Gasteiger partial charge is 0.228 e. The van der Waals surface area contributed by atoms with Gasteiger partial charge in [-0.3, -0.25) is 4.79 Å². The lowest BCUT2D eigenvalue weighted by molar-refractivity contribution is -0.115. The quantitative estimate of drug-likeness (QED) is 0.841. The van der Waals surface area contributed by atoms with Crippen LogP contribution in [0.25, 0.3) is 0 Å². The maximum atomic E-state index is 11.9. The Balaban J connectivity index is 1.97. The Hall–Kier alpha value is -1.26. The molecule has 0 aromatic heterocycles. The van der Waals surface area contributed by atoms with E-state index in [0.29, 0.717) is 6.42 Å². The van der Waals surface area contributed by atoms with Crippen LogP contribution in [0.15, 0.2) is 57.9 Å². The predicted octanol–water partition coefficient (Wildman–Crippen LogP) is 4.35. The van der Waals surface area contributed by atoms with Crippen LogP contribution in [0, 0.1) is 0 Å². The molecule has 0 aliphatic rings. The first kappa shape index (κ1) is 14.2. The zero-order valence-corrected chi connectivity index (χ0v) is 12.9.